The molecule has 0 aromatic carbocycles. The van der Waals surface area contributed by atoms with Gasteiger partial charge in [-0.1, -0.05) is 5.18 Å². The molecule has 0 bridgehead atoms. The molecule has 0 aromatic rings. The van der Waals surface area contributed by atoms with Gasteiger partial charge in [-0.15, -0.1) is 0 Å². The van der Waals surface area contributed by atoms with Crippen LogP contribution < -0.4 is 0 Å². The standard InChI is InChI=1S/C3H9NO10P2S/c5-4-1-2-17(12,13)14-3(15(6,7)8)16(9,10)11/h3H,1-2H2,(H2,6,7,8)(H2,9,10,11). The van der Waals surface area contributed by atoms with Crippen molar-refractivity contribution in [1.82, 2.24) is 0 Å². The van der Waals surface area contributed by atoms with Crippen LogP contribution in [0.15, 0.2) is 5.18 Å². The molecule has 0 aromatic heterocycles. The first-order valence-corrected chi connectivity index (χ1v) is 8.65. The van der Waals surface area contributed by atoms with Crippen molar-refractivity contribution in [3.05, 3.63) is 4.91 Å². The fourth-order valence-corrected chi connectivity index (χ4v) is 4.54. The average molecular weight is 313 g/mol. The molecule has 0 heterocycles. The Labute approximate surface area is 95.2 Å². The van der Waals surface area contributed by atoms with Crippen LogP contribution in [0, 0.1) is 4.91 Å². The van der Waals surface area contributed by atoms with E-state index in [-0.39, 0.29) is 0 Å². The summed E-state index contributed by atoms with van der Waals surface area (Å²) in [6.45, 7) is -0.780. The van der Waals surface area contributed by atoms with E-state index in [9.17, 15) is 22.5 Å². The fraction of sp³-hybridized carbons (Fsp3) is 1.00. The Bertz CT molecular complexity index is 436. The Balaban J connectivity index is 5.10. The molecule has 0 fully saturated rings. The number of rotatable bonds is 7. The van der Waals surface area contributed by atoms with Gasteiger partial charge in [0.1, 0.15) is 0 Å². The highest BCUT2D eigenvalue weighted by atomic mass is 32.2. The molecule has 14 heteroatoms. The maximum atomic E-state index is 11.0. The summed E-state index contributed by atoms with van der Waals surface area (Å²) in [5.74, 6) is -1.05. The summed E-state index contributed by atoms with van der Waals surface area (Å²) >= 11 is 0. The molecule has 0 aliphatic rings. The van der Waals surface area contributed by atoms with Crippen molar-refractivity contribution in [3.8, 4) is 0 Å². The van der Waals surface area contributed by atoms with E-state index in [4.69, 9.17) is 19.6 Å². The van der Waals surface area contributed by atoms with Crippen molar-refractivity contribution >= 4 is 25.3 Å². The Hall–Kier alpha value is -0.190. The number of hydrogen-bond acceptors (Lipinski definition) is 7. The van der Waals surface area contributed by atoms with Gasteiger partial charge in [0.05, 0.1) is 12.3 Å². The molecule has 11 nitrogen and oxygen atoms in total. The van der Waals surface area contributed by atoms with Crippen LogP contribution in [0.25, 0.3) is 0 Å². The van der Waals surface area contributed by atoms with Gasteiger partial charge in [-0.25, -0.2) is 4.18 Å². The number of hydrogen-bond donors (Lipinski definition) is 4. The molecule has 0 unspecified atom stereocenters. The van der Waals surface area contributed by atoms with Gasteiger partial charge < -0.3 is 19.6 Å². The van der Waals surface area contributed by atoms with Gasteiger partial charge in [0.2, 0.25) is 0 Å². The first-order valence-electron chi connectivity index (χ1n) is 3.70. The zero-order valence-electron chi connectivity index (χ0n) is 7.98. The third-order valence-corrected chi connectivity index (χ3v) is 5.86. The molecule has 17 heavy (non-hydrogen) atoms. The quantitative estimate of drug-likeness (QED) is 0.251. The monoisotopic (exact) mass is 313 g/mol. The molecule has 102 valence electrons. The zero-order chi connectivity index (χ0) is 13.9. The Morgan fingerprint density at radius 3 is 1.82 bits per heavy atom. The van der Waals surface area contributed by atoms with Crippen LogP contribution >= 0.6 is 15.2 Å². The van der Waals surface area contributed by atoms with Crippen LogP contribution in [-0.2, 0) is 23.4 Å². The van der Waals surface area contributed by atoms with Gasteiger partial charge in [0.25, 0.3) is 15.7 Å². The van der Waals surface area contributed by atoms with Gasteiger partial charge in [-0.05, 0) is 0 Å². The highest BCUT2D eigenvalue weighted by Gasteiger charge is 2.47. The topological polar surface area (TPSA) is 188 Å². The van der Waals surface area contributed by atoms with Gasteiger partial charge in [0, 0.05) is 0 Å². The minimum Gasteiger partial charge on any atom is -0.322 e. The van der Waals surface area contributed by atoms with E-state index in [1.165, 1.54) is 0 Å². The van der Waals surface area contributed by atoms with Crippen LogP contribution in [0.1, 0.15) is 0 Å². The van der Waals surface area contributed by atoms with E-state index in [0.29, 0.717) is 0 Å². The van der Waals surface area contributed by atoms with E-state index in [1.807, 2.05) is 0 Å². The molecule has 0 saturated heterocycles. The highest BCUT2D eigenvalue weighted by Crippen LogP contribution is 2.60. The van der Waals surface area contributed by atoms with Crippen molar-refractivity contribution in [2.75, 3.05) is 12.3 Å². The normalized spacial score (nSPS) is 13.9. The summed E-state index contributed by atoms with van der Waals surface area (Å²) in [7, 11) is -15.7. The van der Waals surface area contributed by atoms with Crippen LogP contribution in [-0.4, -0.2) is 45.9 Å². The van der Waals surface area contributed by atoms with Crippen molar-refractivity contribution in [2.45, 2.75) is 5.59 Å². The second kappa shape index (κ2) is 5.63. The molecule has 0 amide bonds. The lowest BCUT2D eigenvalue weighted by atomic mass is 10.8. The largest absolute Gasteiger partial charge is 0.368 e. The number of nitroso groups, excluding NO2 is 1. The predicted molar refractivity (Wildman–Crippen MR) is 53.4 cm³/mol. The minimum atomic E-state index is -5.50. The Morgan fingerprint density at radius 1 is 1.12 bits per heavy atom. The van der Waals surface area contributed by atoms with E-state index >= 15 is 0 Å². The van der Waals surface area contributed by atoms with E-state index in [2.05, 4.69) is 9.36 Å². The predicted octanol–water partition coefficient (Wildman–Crippen LogP) is -1.26. The Kier molecular flexibility index (Phi) is 5.57. The van der Waals surface area contributed by atoms with Crippen LogP contribution in [0.5, 0.6) is 0 Å². The lowest BCUT2D eigenvalue weighted by Gasteiger charge is -2.18. The van der Waals surface area contributed by atoms with E-state index in [0.717, 1.165) is 0 Å². The average Bonchev–Trinajstić information content (AvgIpc) is 2.08. The Morgan fingerprint density at radius 2 is 1.53 bits per heavy atom. The summed E-state index contributed by atoms with van der Waals surface area (Å²) in [6.07, 6.45) is 0. The van der Waals surface area contributed by atoms with Crippen molar-refractivity contribution in [2.24, 2.45) is 5.18 Å². The minimum absolute atomic E-state index is 0.780. The molecule has 0 rings (SSSR count). The third-order valence-electron chi connectivity index (χ3n) is 1.24. The smallest absolute Gasteiger partial charge is 0.322 e. The van der Waals surface area contributed by atoms with E-state index < -0.39 is 43.2 Å². The molecule has 0 radical (unpaired) electrons. The van der Waals surface area contributed by atoms with Gasteiger partial charge in [0.15, 0.2) is 0 Å². The zero-order valence-corrected chi connectivity index (χ0v) is 10.6. The van der Waals surface area contributed by atoms with Gasteiger partial charge >= 0.3 is 15.2 Å². The molecule has 0 aliphatic carbocycles. The first kappa shape index (κ1) is 16.8. The highest BCUT2D eigenvalue weighted by molar-refractivity contribution is 7.87. The van der Waals surface area contributed by atoms with Crippen LogP contribution in [0.3, 0.4) is 0 Å². The third kappa shape index (κ3) is 6.34. The maximum Gasteiger partial charge on any atom is 0.368 e. The molecule has 0 saturated carbocycles. The fourth-order valence-electron chi connectivity index (χ4n) is 0.636. The van der Waals surface area contributed by atoms with Crippen LogP contribution in [0.4, 0.5) is 0 Å². The lowest BCUT2D eigenvalue weighted by Crippen LogP contribution is -2.22. The lowest BCUT2D eigenvalue weighted by molar-refractivity contribution is 0.239. The molecule has 0 atom stereocenters. The number of nitrogens with zero attached hydrogens (tertiary/aromatic N) is 1. The summed E-state index contributed by atoms with van der Waals surface area (Å²) in [4.78, 5) is 43.8. The summed E-state index contributed by atoms with van der Waals surface area (Å²) in [5, 5.41) is 2.16. The van der Waals surface area contributed by atoms with Gasteiger partial charge in [-0.3, -0.25) is 9.13 Å². The summed E-state index contributed by atoms with van der Waals surface area (Å²) < 4.78 is 47.0. The van der Waals surface area contributed by atoms with Crippen molar-refractivity contribution in [1.29, 1.82) is 0 Å². The SMILES string of the molecule is O=NCCS(=O)(=O)OC(P(=O)(O)O)P(=O)(O)O. The van der Waals surface area contributed by atoms with Crippen molar-refractivity contribution < 1.29 is 41.3 Å². The molecule has 0 spiro atoms. The van der Waals surface area contributed by atoms with Crippen LogP contribution in [0.2, 0.25) is 0 Å². The molecular weight excluding hydrogens is 304 g/mol. The molecular formula is C3H9NO10P2S. The van der Waals surface area contributed by atoms with Crippen molar-refractivity contribution in [3.63, 3.8) is 0 Å². The van der Waals surface area contributed by atoms with E-state index in [1.54, 1.807) is 0 Å². The maximum absolute atomic E-state index is 11.0. The second-order valence-corrected chi connectivity index (χ2v) is 8.13. The summed E-state index contributed by atoms with van der Waals surface area (Å²) in [6, 6.07) is 0. The molecule has 0 aliphatic heterocycles. The van der Waals surface area contributed by atoms with Gasteiger partial charge in [-0.2, -0.15) is 13.3 Å². The second-order valence-electron chi connectivity index (χ2n) is 2.72. The first-order chi connectivity index (χ1) is 7.40. The summed E-state index contributed by atoms with van der Waals surface area (Å²) in [5.41, 5.74) is -3.12. The molecule has 4 N–H and O–H groups in total.